The molecule has 0 bridgehead atoms. The van der Waals surface area contributed by atoms with Gasteiger partial charge in [0.15, 0.2) is 0 Å². The van der Waals surface area contributed by atoms with Crippen molar-refractivity contribution in [2.45, 2.75) is 45.6 Å². The van der Waals surface area contributed by atoms with Gasteiger partial charge in [-0.2, -0.15) is 0 Å². The van der Waals surface area contributed by atoms with Gasteiger partial charge >= 0.3 is 0 Å². The van der Waals surface area contributed by atoms with Crippen molar-refractivity contribution in [2.24, 2.45) is 17.8 Å². The molecule has 1 aliphatic rings. The zero-order chi connectivity index (χ0) is 13.0. The number of likely N-dealkylation sites (N-methyl/N-ethyl adjacent to an activating group) is 1. The van der Waals surface area contributed by atoms with E-state index in [1.165, 1.54) is 31.2 Å². The van der Waals surface area contributed by atoms with E-state index in [4.69, 9.17) is 0 Å². The molecule has 1 N–H and O–H groups in total. The number of rotatable bonds is 4. The lowest BCUT2D eigenvalue weighted by atomic mass is 9.73. The van der Waals surface area contributed by atoms with Crippen LogP contribution >= 0.6 is 0 Å². The summed E-state index contributed by atoms with van der Waals surface area (Å²) in [5.74, 6) is 2.63. The standard InChI is InChI=1S/C17H27N/c1-13-9-14(2)11-16(10-13)17(18-3)12-15-7-5-4-6-8-15/h4-8,13-14,16-18H,9-12H2,1-3H3. The fourth-order valence-corrected chi connectivity index (χ4v) is 3.71. The summed E-state index contributed by atoms with van der Waals surface area (Å²) >= 11 is 0. The van der Waals surface area contributed by atoms with Crippen LogP contribution in [0.3, 0.4) is 0 Å². The summed E-state index contributed by atoms with van der Waals surface area (Å²) in [4.78, 5) is 0. The van der Waals surface area contributed by atoms with E-state index in [-0.39, 0.29) is 0 Å². The van der Waals surface area contributed by atoms with Crippen LogP contribution < -0.4 is 5.32 Å². The quantitative estimate of drug-likeness (QED) is 0.848. The molecule has 1 aromatic carbocycles. The third kappa shape index (κ3) is 3.58. The summed E-state index contributed by atoms with van der Waals surface area (Å²) in [5.41, 5.74) is 1.46. The second kappa shape index (κ2) is 6.38. The van der Waals surface area contributed by atoms with Gasteiger partial charge in [-0.05, 0) is 56.0 Å². The van der Waals surface area contributed by atoms with E-state index < -0.39 is 0 Å². The highest BCUT2D eigenvalue weighted by Crippen LogP contribution is 2.35. The summed E-state index contributed by atoms with van der Waals surface area (Å²) in [6.45, 7) is 4.83. The lowest BCUT2D eigenvalue weighted by molar-refractivity contribution is 0.179. The van der Waals surface area contributed by atoms with Gasteiger partial charge < -0.3 is 5.32 Å². The van der Waals surface area contributed by atoms with E-state index in [0.29, 0.717) is 6.04 Å². The maximum atomic E-state index is 3.56. The van der Waals surface area contributed by atoms with Crippen LogP contribution in [0.15, 0.2) is 30.3 Å². The first kappa shape index (κ1) is 13.6. The molecular weight excluding hydrogens is 218 g/mol. The summed E-state index contributed by atoms with van der Waals surface area (Å²) in [6, 6.07) is 11.5. The number of hydrogen-bond donors (Lipinski definition) is 1. The van der Waals surface area contributed by atoms with Gasteiger partial charge in [-0.25, -0.2) is 0 Å². The molecule has 1 aromatic rings. The molecular formula is C17H27N. The van der Waals surface area contributed by atoms with E-state index in [1.54, 1.807) is 0 Å². The molecule has 0 heterocycles. The van der Waals surface area contributed by atoms with Crippen molar-refractivity contribution < 1.29 is 0 Å². The Hall–Kier alpha value is -0.820. The maximum Gasteiger partial charge on any atom is 0.0133 e. The van der Waals surface area contributed by atoms with Gasteiger partial charge in [0, 0.05) is 6.04 Å². The first-order valence-electron chi connectivity index (χ1n) is 7.40. The second-order valence-corrected chi connectivity index (χ2v) is 6.26. The van der Waals surface area contributed by atoms with Gasteiger partial charge in [0.05, 0.1) is 0 Å². The Bertz CT molecular complexity index is 336. The van der Waals surface area contributed by atoms with Gasteiger partial charge in [-0.1, -0.05) is 44.2 Å². The molecule has 100 valence electrons. The average Bonchev–Trinajstić information content (AvgIpc) is 2.36. The predicted octanol–water partition coefficient (Wildman–Crippen LogP) is 3.89. The van der Waals surface area contributed by atoms with E-state index >= 15 is 0 Å². The molecule has 0 amide bonds. The highest BCUT2D eigenvalue weighted by Gasteiger charge is 2.29. The van der Waals surface area contributed by atoms with Crippen LogP contribution in [0, 0.1) is 17.8 Å². The second-order valence-electron chi connectivity index (χ2n) is 6.26. The van der Waals surface area contributed by atoms with Gasteiger partial charge in [0.1, 0.15) is 0 Å². The van der Waals surface area contributed by atoms with Crippen LogP contribution in [0.4, 0.5) is 0 Å². The largest absolute Gasteiger partial charge is 0.316 e. The van der Waals surface area contributed by atoms with Crippen molar-refractivity contribution in [1.82, 2.24) is 5.32 Å². The zero-order valence-electron chi connectivity index (χ0n) is 12.0. The molecule has 1 saturated carbocycles. The van der Waals surface area contributed by atoms with Crippen LogP contribution in [0.2, 0.25) is 0 Å². The Kier molecular flexibility index (Phi) is 4.82. The Morgan fingerprint density at radius 2 is 1.67 bits per heavy atom. The third-order valence-electron chi connectivity index (χ3n) is 4.45. The molecule has 1 nitrogen and oxygen atoms in total. The van der Waals surface area contributed by atoms with Crippen molar-refractivity contribution in [3.63, 3.8) is 0 Å². The molecule has 1 aliphatic carbocycles. The Morgan fingerprint density at radius 1 is 1.06 bits per heavy atom. The maximum absolute atomic E-state index is 3.56. The number of hydrogen-bond acceptors (Lipinski definition) is 1. The van der Waals surface area contributed by atoms with Crippen molar-refractivity contribution in [2.75, 3.05) is 7.05 Å². The highest BCUT2D eigenvalue weighted by atomic mass is 14.9. The number of benzene rings is 1. The van der Waals surface area contributed by atoms with E-state index in [2.05, 4.69) is 56.5 Å². The topological polar surface area (TPSA) is 12.0 Å². The third-order valence-corrected chi connectivity index (χ3v) is 4.45. The molecule has 0 spiro atoms. The first-order chi connectivity index (χ1) is 8.69. The highest BCUT2D eigenvalue weighted by molar-refractivity contribution is 5.16. The fraction of sp³-hybridized carbons (Fsp3) is 0.647. The molecule has 2 rings (SSSR count). The normalized spacial score (nSPS) is 30.1. The lowest BCUT2D eigenvalue weighted by Crippen LogP contribution is -2.39. The molecule has 1 heteroatoms. The average molecular weight is 245 g/mol. The molecule has 0 radical (unpaired) electrons. The van der Waals surface area contributed by atoms with Gasteiger partial charge in [0.25, 0.3) is 0 Å². The summed E-state index contributed by atoms with van der Waals surface area (Å²) in [6.07, 6.45) is 5.37. The van der Waals surface area contributed by atoms with Crippen LogP contribution in [0.1, 0.15) is 38.7 Å². The minimum absolute atomic E-state index is 0.637. The van der Waals surface area contributed by atoms with Gasteiger partial charge in [0.2, 0.25) is 0 Å². The minimum Gasteiger partial charge on any atom is -0.316 e. The number of nitrogens with one attached hydrogen (secondary N) is 1. The summed E-state index contributed by atoms with van der Waals surface area (Å²) in [5, 5.41) is 3.56. The zero-order valence-corrected chi connectivity index (χ0v) is 12.0. The van der Waals surface area contributed by atoms with Crippen LogP contribution in [0.25, 0.3) is 0 Å². The Morgan fingerprint density at radius 3 is 2.22 bits per heavy atom. The van der Waals surface area contributed by atoms with E-state index in [9.17, 15) is 0 Å². The Balaban J connectivity index is 2.00. The van der Waals surface area contributed by atoms with Gasteiger partial charge in [-0.3, -0.25) is 0 Å². The molecule has 18 heavy (non-hydrogen) atoms. The molecule has 3 unspecified atom stereocenters. The lowest BCUT2D eigenvalue weighted by Gasteiger charge is -2.36. The molecule has 3 atom stereocenters. The summed E-state index contributed by atoms with van der Waals surface area (Å²) in [7, 11) is 2.12. The first-order valence-corrected chi connectivity index (χ1v) is 7.40. The van der Waals surface area contributed by atoms with Crippen molar-refractivity contribution >= 4 is 0 Å². The molecule has 0 aliphatic heterocycles. The molecule has 1 fully saturated rings. The molecule has 0 saturated heterocycles. The monoisotopic (exact) mass is 245 g/mol. The van der Waals surface area contributed by atoms with Crippen molar-refractivity contribution in [3.05, 3.63) is 35.9 Å². The molecule has 0 aromatic heterocycles. The minimum atomic E-state index is 0.637. The smallest absolute Gasteiger partial charge is 0.0133 e. The SMILES string of the molecule is CNC(Cc1ccccc1)C1CC(C)CC(C)C1. The fourth-order valence-electron chi connectivity index (χ4n) is 3.71. The van der Waals surface area contributed by atoms with E-state index in [0.717, 1.165) is 17.8 Å². The van der Waals surface area contributed by atoms with Crippen LogP contribution in [-0.4, -0.2) is 13.1 Å². The van der Waals surface area contributed by atoms with Crippen LogP contribution in [-0.2, 0) is 6.42 Å². The van der Waals surface area contributed by atoms with Crippen molar-refractivity contribution in [3.8, 4) is 0 Å². The Labute approximate surface area is 112 Å². The van der Waals surface area contributed by atoms with E-state index in [1.807, 2.05) is 0 Å². The predicted molar refractivity (Wildman–Crippen MR) is 78.7 cm³/mol. The van der Waals surface area contributed by atoms with Gasteiger partial charge in [-0.15, -0.1) is 0 Å². The van der Waals surface area contributed by atoms with Crippen LogP contribution in [0.5, 0.6) is 0 Å². The summed E-state index contributed by atoms with van der Waals surface area (Å²) < 4.78 is 0. The van der Waals surface area contributed by atoms with Crippen molar-refractivity contribution in [1.29, 1.82) is 0 Å².